The van der Waals surface area contributed by atoms with Gasteiger partial charge in [-0.3, -0.25) is 4.79 Å². The van der Waals surface area contributed by atoms with E-state index in [0.717, 1.165) is 12.8 Å². The third-order valence-electron chi connectivity index (χ3n) is 10.6. The lowest BCUT2D eigenvalue weighted by atomic mass is 10.0. The minimum Gasteiger partial charge on any atom is -0.481 e. The highest BCUT2D eigenvalue weighted by Gasteiger charge is 2.20. The molecule has 0 atom stereocenters. The molecular weight excluding hydrogens is 587 g/mol. The molecule has 48 heavy (non-hydrogen) atoms. The quantitative estimate of drug-likeness (QED) is 0.0518. The molecule has 0 saturated carbocycles. The van der Waals surface area contributed by atoms with Gasteiger partial charge in [0.15, 0.2) is 0 Å². The highest BCUT2D eigenvalue weighted by molar-refractivity contribution is 5.66. The zero-order chi connectivity index (χ0) is 35.7. The predicted octanol–water partition coefficient (Wildman–Crippen LogP) is 15.6. The van der Waals surface area contributed by atoms with Gasteiger partial charge in [0.1, 0.15) is 0 Å². The number of aliphatic carboxylic acids is 1. The summed E-state index contributed by atoms with van der Waals surface area (Å²) in [7, 11) is 2.57. The van der Waals surface area contributed by atoms with Crippen molar-refractivity contribution in [1.29, 1.82) is 0 Å². The Morgan fingerprint density at radius 2 is 0.521 bits per heavy atom. The van der Waals surface area contributed by atoms with Crippen molar-refractivity contribution in [2.75, 3.05) is 26.7 Å². The molecule has 0 fully saturated rings. The summed E-state index contributed by atoms with van der Waals surface area (Å²) in [6.45, 7) is 13.5. The number of quaternary nitrogens is 1. The van der Waals surface area contributed by atoms with Crippen LogP contribution in [0, 0.1) is 0 Å². The van der Waals surface area contributed by atoms with Crippen LogP contribution in [0.2, 0.25) is 0 Å². The van der Waals surface area contributed by atoms with E-state index >= 15 is 0 Å². The first kappa shape index (κ1) is 49.5. The lowest BCUT2D eigenvalue weighted by Crippen LogP contribution is -2.46. The molecule has 0 heterocycles. The average molecular weight is 681 g/mol. The van der Waals surface area contributed by atoms with Gasteiger partial charge >= 0.3 is 5.97 Å². The molecule has 0 rings (SSSR count). The maximum Gasteiger partial charge on any atom is 0.303 e. The van der Waals surface area contributed by atoms with Gasteiger partial charge in [0, 0.05) is 6.42 Å². The summed E-state index contributed by atoms with van der Waals surface area (Å²) in [5.41, 5.74) is 0. The summed E-state index contributed by atoms with van der Waals surface area (Å²) in [6, 6.07) is 0. The van der Waals surface area contributed by atoms with Gasteiger partial charge in [-0.25, -0.2) is 0 Å². The molecule has 0 bridgehead atoms. The molecule has 290 valence electrons. The SMILES string of the molecule is CCCCCCCCCCCCCCCCCC(=O)O.CCCCCCCCCC[N+](C)(CCCCCCCC)CCCCCCCC. The Morgan fingerprint density at radius 3 is 0.729 bits per heavy atom. The molecular formula is C45H94NO2+. The second-order valence-electron chi connectivity index (χ2n) is 15.9. The second-order valence-corrected chi connectivity index (χ2v) is 15.9. The van der Waals surface area contributed by atoms with E-state index in [1.54, 1.807) is 0 Å². The summed E-state index contributed by atoms with van der Waals surface area (Å²) in [6.07, 6.45) is 49.0. The predicted molar refractivity (Wildman–Crippen MR) is 217 cm³/mol. The third-order valence-corrected chi connectivity index (χ3v) is 10.6. The van der Waals surface area contributed by atoms with E-state index in [1.165, 1.54) is 236 Å². The number of carbonyl (C=O) groups is 1. The van der Waals surface area contributed by atoms with Gasteiger partial charge in [0.25, 0.3) is 0 Å². The minimum atomic E-state index is -0.653. The molecule has 3 heteroatoms. The number of nitrogens with zero attached hydrogens (tertiary/aromatic N) is 1. The second kappa shape index (κ2) is 42.6. The van der Waals surface area contributed by atoms with Crippen molar-refractivity contribution in [3.05, 3.63) is 0 Å². The Morgan fingerprint density at radius 1 is 0.333 bits per heavy atom. The van der Waals surface area contributed by atoms with E-state index in [1.807, 2.05) is 0 Å². The average Bonchev–Trinajstić information content (AvgIpc) is 3.07. The summed E-state index contributed by atoms with van der Waals surface area (Å²) in [5, 5.41) is 8.52. The number of carboxylic acids is 1. The molecule has 0 unspecified atom stereocenters. The molecule has 0 aliphatic carbocycles. The Kier molecular flexibility index (Phi) is 44.0. The van der Waals surface area contributed by atoms with E-state index in [2.05, 4.69) is 34.7 Å². The van der Waals surface area contributed by atoms with Crippen molar-refractivity contribution in [1.82, 2.24) is 0 Å². The van der Waals surface area contributed by atoms with Crippen LogP contribution in [0.1, 0.15) is 259 Å². The lowest BCUT2D eigenvalue weighted by Gasteiger charge is -2.35. The van der Waals surface area contributed by atoms with E-state index in [4.69, 9.17) is 5.11 Å². The molecule has 0 aromatic rings. The Labute approximate surface area is 305 Å². The van der Waals surface area contributed by atoms with Crippen LogP contribution in [0.25, 0.3) is 0 Å². The van der Waals surface area contributed by atoms with Gasteiger partial charge < -0.3 is 9.59 Å². The third kappa shape index (κ3) is 43.5. The van der Waals surface area contributed by atoms with E-state index in [9.17, 15) is 4.79 Å². The molecule has 0 saturated heterocycles. The van der Waals surface area contributed by atoms with Gasteiger partial charge in [-0.1, -0.05) is 207 Å². The molecule has 0 amide bonds. The van der Waals surface area contributed by atoms with Gasteiger partial charge in [-0.15, -0.1) is 0 Å². The molecule has 3 nitrogen and oxygen atoms in total. The number of hydrogen-bond acceptors (Lipinski definition) is 1. The first-order valence-electron chi connectivity index (χ1n) is 22.5. The van der Waals surface area contributed by atoms with E-state index in [0.29, 0.717) is 6.42 Å². The number of hydrogen-bond donors (Lipinski definition) is 1. The van der Waals surface area contributed by atoms with Gasteiger partial charge in [-0.05, 0) is 44.9 Å². The fourth-order valence-corrected chi connectivity index (χ4v) is 7.16. The summed E-state index contributed by atoms with van der Waals surface area (Å²) in [5.74, 6) is -0.653. The summed E-state index contributed by atoms with van der Waals surface area (Å²) >= 11 is 0. The fourth-order valence-electron chi connectivity index (χ4n) is 7.16. The number of rotatable bonds is 39. The molecule has 0 aliphatic rings. The van der Waals surface area contributed by atoms with Crippen molar-refractivity contribution in [2.24, 2.45) is 0 Å². The Hall–Kier alpha value is -0.570. The highest BCUT2D eigenvalue weighted by Crippen LogP contribution is 2.17. The molecule has 0 aliphatic heterocycles. The number of carboxylic acid groups (broad SMARTS) is 1. The molecule has 0 spiro atoms. The minimum absolute atomic E-state index is 0.345. The van der Waals surface area contributed by atoms with Crippen LogP contribution >= 0.6 is 0 Å². The van der Waals surface area contributed by atoms with Gasteiger partial charge in [0.05, 0.1) is 26.7 Å². The van der Waals surface area contributed by atoms with Crippen molar-refractivity contribution in [3.63, 3.8) is 0 Å². The van der Waals surface area contributed by atoms with E-state index < -0.39 is 5.97 Å². The van der Waals surface area contributed by atoms with Crippen LogP contribution in [-0.2, 0) is 4.79 Å². The maximum absolute atomic E-state index is 10.3. The van der Waals surface area contributed by atoms with Crippen molar-refractivity contribution < 1.29 is 14.4 Å². The molecule has 0 aromatic heterocycles. The van der Waals surface area contributed by atoms with E-state index in [-0.39, 0.29) is 0 Å². The summed E-state index contributed by atoms with van der Waals surface area (Å²) in [4.78, 5) is 10.3. The molecule has 0 radical (unpaired) electrons. The van der Waals surface area contributed by atoms with Gasteiger partial charge in [0.2, 0.25) is 0 Å². The Balaban J connectivity index is 0. The first-order valence-corrected chi connectivity index (χ1v) is 22.5. The molecule has 1 N–H and O–H groups in total. The van der Waals surface area contributed by atoms with Crippen molar-refractivity contribution in [3.8, 4) is 0 Å². The highest BCUT2D eigenvalue weighted by atomic mass is 16.4. The Bertz CT molecular complexity index is 576. The number of unbranched alkanes of at least 4 members (excludes halogenated alkanes) is 31. The van der Waals surface area contributed by atoms with Crippen LogP contribution in [0.5, 0.6) is 0 Å². The standard InChI is InChI=1S/C27H58N.C18H36O2/c1-5-8-11-14-17-18-21-24-27-28(4,25-22-19-15-12-9-6-2)26-23-20-16-13-10-7-3;1-2-3-4-5-6-7-8-9-10-11-12-13-14-15-16-17-18(19)20/h5-27H2,1-4H3;2-17H2,1H3,(H,19,20)/q+1;. The summed E-state index contributed by atoms with van der Waals surface area (Å²) < 4.78 is 1.36. The zero-order valence-electron chi connectivity index (χ0n) is 34.4. The van der Waals surface area contributed by atoms with Crippen molar-refractivity contribution in [2.45, 2.75) is 259 Å². The van der Waals surface area contributed by atoms with Crippen LogP contribution in [0.3, 0.4) is 0 Å². The normalized spacial score (nSPS) is 11.5. The largest absolute Gasteiger partial charge is 0.481 e. The smallest absolute Gasteiger partial charge is 0.303 e. The van der Waals surface area contributed by atoms with Crippen molar-refractivity contribution >= 4 is 5.97 Å². The fraction of sp³-hybridized carbons (Fsp3) is 0.978. The maximum atomic E-state index is 10.3. The van der Waals surface area contributed by atoms with Gasteiger partial charge in [-0.2, -0.15) is 0 Å². The van der Waals surface area contributed by atoms with Crippen LogP contribution in [-0.4, -0.2) is 42.2 Å². The topological polar surface area (TPSA) is 37.3 Å². The van der Waals surface area contributed by atoms with Crippen LogP contribution < -0.4 is 0 Å². The molecule has 0 aromatic carbocycles. The van der Waals surface area contributed by atoms with Crippen LogP contribution in [0.15, 0.2) is 0 Å². The first-order chi connectivity index (χ1) is 23.5. The lowest BCUT2D eigenvalue weighted by molar-refractivity contribution is -0.910. The monoisotopic (exact) mass is 681 g/mol. The van der Waals surface area contributed by atoms with Crippen LogP contribution in [0.4, 0.5) is 0 Å². The zero-order valence-corrected chi connectivity index (χ0v) is 34.4.